The Kier molecular flexibility index (Phi) is 4.10. The zero-order chi connectivity index (χ0) is 15.0. The SMILES string of the molecule is NC(c1cc(F)c(F)c(F)c1)c1c(F)ccc(Br)c1F. The number of hydrogen-bond acceptors (Lipinski definition) is 1. The number of nitrogens with two attached hydrogens (primary N) is 1. The van der Waals surface area contributed by atoms with Crippen molar-refractivity contribution < 1.29 is 22.0 Å². The summed E-state index contributed by atoms with van der Waals surface area (Å²) in [6.45, 7) is 0. The van der Waals surface area contributed by atoms with Crippen molar-refractivity contribution in [3.05, 3.63) is 69.0 Å². The average molecular weight is 352 g/mol. The minimum Gasteiger partial charge on any atom is -0.320 e. The Morgan fingerprint density at radius 1 is 0.850 bits per heavy atom. The highest BCUT2D eigenvalue weighted by Crippen LogP contribution is 2.30. The minimum atomic E-state index is -1.67. The third-order valence-electron chi connectivity index (χ3n) is 2.76. The van der Waals surface area contributed by atoms with Gasteiger partial charge in [0.1, 0.15) is 11.6 Å². The van der Waals surface area contributed by atoms with Crippen LogP contribution in [0.5, 0.6) is 0 Å². The Bertz CT molecular complexity index is 651. The molecule has 0 heterocycles. The van der Waals surface area contributed by atoms with E-state index >= 15 is 0 Å². The maximum absolute atomic E-state index is 13.9. The van der Waals surface area contributed by atoms with Crippen LogP contribution in [0.2, 0.25) is 0 Å². The molecule has 0 amide bonds. The number of halogens is 6. The van der Waals surface area contributed by atoms with Crippen LogP contribution >= 0.6 is 15.9 Å². The number of hydrogen-bond donors (Lipinski definition) is 1. The molecular weight excluding hydrogens is 345 g/mol. The highest BCUT2D eigenvalue weighted by molar-refractivity contribution is 9.10. The van der Waals surface area contributed by atoms with Gasteiger partial charge in [-0.3, -0.25) is 0 Å². The van der Waals surface area contributed by atoms with E-state index in [1.807, 2.05) is 0 Å². The molecule has 0 radical (unpaired) electrons. The van der Waals surface area contributed by atoms with Crippen LogP contribution in [0, 0.1) is 29.1 Å². The molecule has 0 saturated carbocycles. The van der Waals surface area contributed by atoms with E-state index < -0.39 is 40.7 Å². The maximum Gasteiger partial charge on any atom is 0.194 e. The zero-order valence-corrected chi connectivity index (χ0v) is 11.3. The minimum absolute atomic E-state index is 0.0487. The van der Waals surface area contributed by atoms with Crippen LogP contribution < -0.4 is 5.73 Å². The van der Waals surface area contributed by atoms with Gasteiger partial charge in [-0.1, -0.05) is 0 Å². The summed E-state index contributed by atoms with van der Waals surface area (Å²) in [6.07, 6.45) is 0. The summed E-state index contributed by atoms with van der Waals surface area (Å²) in [5.74, 6) is -6.58. The Labute approximate surface area is 119 Å². The molecule has 106 valence electrons. The highest BCUT2D eigenvalue weighted by Gasteiger charge is 2.23. The van der Waals surface area contributed by atoms with Crippen molar-refractivity contribution in [2.24, 2.45) is 5.73 Å². The van der Waals surface area contributed by atoms with E-state index in [9.17, 15) is 22.0 Å². The van der Waals surface area contributed by atoms with Crippen LogP contribution in [0.4, 0.5) is 22.0 Å². The Morgan fingerprint density at radius 2 is 1.40 bits per heavy atom. The first-order valence-corrected chi connectivity index (χ1v) is 6.15. The molecule has 0 aromatic heterocycles. The Balaban J connectivity index is 2.57. The first kappa shape index (κ1) is 14.9. The van der Waals surface area contributed by atoms with Crippen molar-refractivity contribution in [2.45, 2.75) is 6.04 Å². The topological polar surface area (TPSA) is 26.0 Å². The molecule has 2 aromatic carbocycles. The van der Waals surface area contributed by atoms with Crippen LogP contribution in [0.15, 0.2) is 28.7 Å². The first-order valence-electron chi connectivity index (χ1n) is 5.36. The van der Waals surface area contributed by atoms with Crippen molar-refractivity contribution in [1.82, 2.24) is 0 Å². The molecule has 0 aliphatic rings. The molecule has 2 aromatic rings. The predicted molar refractivity (Wildman–Crippen MR) is 66.4 cm³/mol. The normalized spacial score (nSPS) is 12.6. The van der Waals surface area contributed by atoms with Crippen molar-refractivity contribution in [1.29, 1.82) is 0 Å². The zero-order valence-electron chi connectivity index (χ0n) is 9.73. The van der Waals surface area contributed by atoms with Crippen LogP contribution in [0.25, 0.3) is 0 Å². The smallest absolute Gasteiger partial charge is 0.194 e. The standard InChI is InChI=1S/C13H7BrF5N/c14-6-1-2-7(15)10(11(6)18)13(20)5-3-8(16)12(19)9(17)4-5/h1-4,13H,20H2. The van der Waals surface area contributed by atoms with E-state index in [1.165, 1.54) is 0 Å². The fourth-order valence-corrected chi connectivity index (χ4v) is 2.09. The van der Waals surface area contributed by atoms with Gasteiger partial charge in [0.05, 0.1) is 10.5 Å². The average Bonchev–Trinajstić information content (AvgIpc) is 2.40. The van der Waals surface area contributed by atoms with E-state index in [-0.39, 0.29) is 10.0 Å². The molecule has 0 aliphatic heterocycles. The molecule has 7 heteroatoms. The molecule has 0 saturated heterocycles. The Hall–Kier alpha value is -1.47. The largest absolute Gasteiger partial charge is 0.320 e. The summed E-state index contributed by atoms with van der Waals surface area (Å²) in [5.41, 5.74) is 4.77. The van der Waals surface area contributed by atoms with Crippen LogP contribution in [-0.4, -0.2) is 0 Å². The van der Waals surface area contributed by atoms with Gasteiger partial charge >= 0.3 is 0 Å². The van der Waals surface area contributed by atoms with Gasteiger partial charge in [-0.25, -0.2) is 22.0 Å². The van der Waals surface area contributed by atoms with Crippen molar-refractivity contribution in [3.63, 3.8) is 0 Å². The summed E-state index contributed by atoms with van der Waals surface area (Å²) in [7, 11) is 0. The fraction of sp³-hybridized carbons (Fsp3) is 0.0769. The van der Waals surface area contributed by atoms with E-state index in [4.69, 9.17) is 5.73 Å². The predicted octanol–water partition coefficient (Wildman–Crippen LogP) is 4.19. The van der Waals surface area contributed by atoms with Gasteiger partial charge in [-0.05, 0) is 45.8 Å². The molecule has 1 unspecified atom stereocenters. The van der Waals surface area contributed by atoms with E-state index in [0.29, 0.717) is 12.1 Å². The second kappa shape index (κ2) is 5.49. The van der Waals surface area contributed by atoms with Crippen LogP contribution in [0.3, 0.4) is 0 Å². The molecule has 0 bridgehead atoms. The second-order valence-corrected chi connectivity index (χ2v) is 4.89. The van der Waals surface area contributed by atoms with E-state index in [2.05, 4.69) is 15.9 Å². The lowest BCUT2D eigenvalue weighted by Crippen LogP contribution is -2.17. The fourth-order valence-electron chi connectivity index (χ4n) is 1.75. The van der Waals surface area contributed by atoms with Gasteiger partial charge in [-0.2, -0.15) is 0 Å². The lowest BCUT2D eigenvalue weighted by molar-refractivity contribution is 0.443. The Morgan fingerprint density at radius 3 is 1.95 bits per heavy atom. The third-order valence-corrected chi connectivity index (χ3v) is 3.37. The summed E-state index contributed by atoms with van der Waals surface area (Å²) < 4.78 is 66.6. The lowest BCUT2D eigenvalue weighted by atomic mass is 9.98. The van der Waals surface area contributed by atoms with Crippen molar-refractivity contribution in [3.8, 4) is 0 Å². The summed E-state index contributed by atoms with van der Waals surface area (Å²) in [5, 5.41) is 0. The molecule has 1 nitrogen and oxygen atoms in total. The molecule has 1 atom stereocenters. The molecule has 0 spiro atoms. The highest BCUT2D eigenvalue weighted by atomic mass is 79.9. The molecule has 2 rings (SSSR count). The molecular formula is C13H7BrF5N. The monoisotopic (exact) mass is 351 g/mol. The quantitative estimate of drug-likeness (QED) is 0.490. The van der Waals surface area contributed by atoms with Crippen LogP contribution in [-0.2, 0) is 0 Å². The third kappa shape index (κ3) is 2.55. The van der Waals surface area contributed by atoms with Gasteiger partial charge in [-0.15, -0.1) is 0 Å². The van der Waals surface area contributed by atoms with Gasteiger partial charge < -0.3 is 5.73 Å². The van der Waals surface area contributed by atoms with E-state index in [0.717, 1.165) is 12.1 Å². The second-order valence-electron chi connectivity index (χ2n) is 4.03. The lowest BCUT2D eigenvalue weighted by Gasteiger charge is -2.15. The molecule has 0 aliphatic carbocycles. The molecule has 20 heavy (non-hydrogen) atoms. The van der Waals surface area contributed by atoms with Crippen molar-refractivity contribution in [2.75, 3.05) is 0 Å². The van der Waals surface area contributed by atoms with Gasteiger partial charge in [0.15, 0.2) is 17.5 Å². The van der Waals surface area contributed by atoms with Crippen molar-refractivity contribution >= 4 is 15.9 Å². The number of benzene rings is 2. The summed E-state index contributed by atoms with van der Waals surface area (Å²) in [4.78, 5) is 0. The van der Waals surface area contributed by atoms with E-state index in [1.54, 1.807) is 0 Å². The summed E-state index contributed by atoms with van der Waals surface area (Å²) >= 11 is 2.86. The summed E-state index contributed by atoms with van der Waals surface area (Å²) in [6, 6.07) is 1.81. The van der Waals surface area contributed by atoms with Crippen LogP contribution in [0.1, 0.15) is 17.2 Å². The molecule has 0 fully saturated rings. The van der Waals surface area contributed by atoms with Gasteiger partial charge in [0, 0.05) is 5.56 Å². The molecule has 2 N–H and O–H groups in total. The number of rotatable bonds is 2. The van der Waals surface area contributed by atoms with Gasteiger partial charge in [0.2, 0.25) is 0 Å². The maximum atomic E-state index is 13.9. The van der Waals surface area contributed by atoms with Gasteiger partial charge in [0.25, 0.3) is 0 Å². The first-order chi connectivity index (χ1) is 9.32.